The van der Waals surface area contributed by atoms with Gasteiger partial charge in [-0.25, -0.2) is 0 Å². The number of carboxylic acid groups (broad SMARTS) is 1. The fourth-order valence-electron chi connectivity index (χ4n) is 2.59. The maximum atomic E-state index is 11.3. The van der Waals surface area contributed by atoms with Gasteiger partial charge in [0.2, 0.25) is 0 Å². The van der Waals surface area contributed by atoms with Crippen molar-refractivity contribution in [2.24, 2.45) is 5.41 Å². The summed E-state index contributed by atoms with van der Waals surface area (Å²) in [6, 6.07) is 5.40. The highest BCUT2D eigenvalue weighted by Gasteiger charge is 2.37. The Morgan fingerprint density at radius 1 is 1.57 bits per heavy atom. The van der Waals surface area contributed by atoms with Crippen molar-refractivity contribution in [1.82, 2.24) is 4.90 Å². The lowest BCUT2D eigenvalue weighted by atomic mass is 9.82. The van der Waals surface area contributed by atoms with E-state index in [1.165, 1.54) is 0 Å². The molecule has 0 saturated carbocycles. The molecule has 1 heterocycles. The van der Waals surface area contributed by atoms with Crippen molar-refractivity contribution in [3.8, 4) is 5.75 Å². The Bertz CT molecular complexity index is 526. The highest BCUT2D eigenvalue weighted by molar-refractivity contribution is 9.10. The van der Waals surface area contributed by atoms with Crippen LogP contribution in [0.3, 0.4) is 0 Å². The van der Waals surface area contributed by atoms with Gasteiger partial charge in [0.05, 0.1) is 9.89 Å². The van der Waals surface area contributed by atoms with E-state index < -0.39 is 11.4 Å². The van der Waals surface area contributed by atoms with Crippen LogP contribution >= 0.6 is 27.5 Å². The number of hydrogen-bond donors (Lipinski definition) is 1. The van der Waals surface area contributed by atoms with E-state index in [9.17, 15) is 9.90 Å². The molecule has 21 heavy (non-hydrogen) atoms. The molecular formula is C15H19BrClNO3. The van der Waals surface area contributed by atoms with Crippen molar-refractivity contribution in [3.63, 3.8) is 0 Å². The SMILES string of the molecule is CC1(C(=O)O)CCCN(CCOc2ccc(Cl)cc2Br)C1. The number of rotatable bonds is 5. The lowest BCUT2D eigenvalue weighted by molar-refractivity contribution is -0.151. The van der Waals surface area contributed by atoms with Crippen LogP contribution in [0.4, 0.5) is 0 Å². The summed E-state index contributed by atoms with van der Waals surface area (Å²) in [7, 11) is 0. The lowest BCUT2D eigenvalue weighted by Gasteiger charge is -2.37. The van der Waals surface area contributed by atoms with Crippen molar-refractivity contribution in [2.75, 3.05) is 26.2 Å². The molecule has 0 bridgehead atoms. The zero-order valence-corrected chi connectivity index (χ0v) is 14.3. The van der Waals surface area contributed by atoms with Crippen LogP contribution in [0.1, 0.15) is 19.8 Å². The summed E-state index contributed by atoms with van der Waals surface area (Å²) in [6.45, 7) is 4.56. The Morgan fingerprint density at radius 2 is 2.33 bits per heavy atom. The summed E-state index contributed by atoms with van der Waals surface area (Å²) in [5.74, 6) is 0.0333. The smallest absolute Gasteiger partial charge is 0.310 e. The number of benzene rings is 1. The standard InChI is InChI=1S/C15H19BrClNO3/c1-15(14(19)20)5-2-6-18(10-15)7-8-21-13-4-3-11(17)9-12(13)16/h3-4,9H,2,5-8,10H2,1H3,(H,19,20). The van der Waals surface area contributed by atoms with E-state index in [4.69, 9.17) is 16.3 Å². The molecule has 6 heteroatoms. The monoisotopic (exact) mass is 375 g/mol. The van der Waals surface area contributed by atoms with Crippen LogP contribution in [-0.2, 0) is 4.79 Å². The van der Waals surface area contributed by atoms with Gasteiger partial charge in [-0.1, -0.05) is 11.6 Å². The second kappa shape index (κ2) is 6.99. The van der Waals surface area contributed by atoms with Gasteiger partial charge in [0, 0.05) is 18.1 Å². The van der Waals surface area contributed by atoms with Crippen LogP contribution in [0.25, 0.3) is 0 Å². The molecular weight excluding hydrogens is 358 g/mol. The van der Waals surface area contributed by atoms with Crippen molar-refractivity contribution in [2.45, 2.75) is 19.8 Å². The molecule has 1 aromatic carbocycles. The van der Waals surface area contributed by atoms with E-state index >= 15 is 0 Å². The third-order valence-corrected chi connectivity index (χ3v) is 4.71. The average Bonchev–Trinajstić information content (AvgIpc) is 2.41. The molecule has 1 fully saturated rings. The number of carbonyl (C=O) groups is 1. The predicted octanol–water partition coefficient (Wildman–Crippen LogP) is 3.67. The quantitative estimate of drug-likeness (QED) is 0.852. The first kappa shape index (κ1) is 16.6. The molecule has 1 N–H and O–H groups in total. The van der Waals surface area contributed by atoms with Gasteiger partial charge in [-0.2, -0.15) is 0 Å². The summed E-state index contributed by atoms with van der Waals surface area (Å²) in [5, 5.41) is 9.96. The van der Waals surface area contributed by atoms with Crippen molar-refractivity contribution < 1.29 is 14.6 Å². The van der Waals surface area contributed by atoms with Gasteiger partial charge >= 0.3 is 5.97 Å². The number of aliphatic carboxylic acids is 1. The Hall–Kier alpha value is -0.780. The summed E-state index contributed by atoms with van der Waals surface area (Å²) < 4.78 is 6.55. The van der Waals surface area contributed by atoms with Crippen LogP contribution in [0.5, 0.6) is 5.75 Å². The third kappa shape index (κ3) is 4.34. The van der Waals surface area contributed by atoms with E-state index in [1.807, 2.05) is 13.0 Å². The predicted molar refractivity (Wildman–Crippen MR) is 86.1 cm³/mol. The molecule has 2 rings (SSSR count). The minimum Gasteiger partial charge on any atom is -0.491 e. The second-order valence-electron chi connectivity index (χ2n) is 5.67. The number of piperidine rings is 1. The first-order valence-corrected chi connectivity index (χ1v) is 8.11. The maximum Gasteiger partial charge on any atom is 0.310 e. The maximum absolute atomic E-state index is 11.3. The number of hydrogen-bond acceptors (Lipinski definition) is 3. The summed E-state index contributed by atoms with van der Waals surface area (Å²) in [6.07, 6.45) is 1.65. The van der Waals surface area contributed by atoms with Crippen LogP contribution in [0.2, 0.25) is 5.02 Å². The van der Waals surface area contributed by atoms with Crippen LogP contribution < -0.4 is 4.74 Å². The van der Waals surface area contributed by atoms with Crippen molar-refractivity contribution >= 4 is 33.5 Å². The highest BCUT2D eigenvalue weighted by Crippen LogP contribution is 2.30. The minimum absolute atomic E-state index is 0.524. The Balaban J connectivity index is 1.84. The largest absolute Gasteiger partial charge is 0.491 e. The molecule has 0 radical (unpaired) electrons. The topological polar surface area (TPSA) is 49.8 Å². The van der Waals surface area contributed by atoms with E-state index in [0.29, 0.717) is 18.2 Å². The highest BCUT2D eigenvalue weighted by atomic mass is 79.9. The van der Waals surface area contributed by atoms with Gasteiger partial charge in [-0.05, 0) is 60.4 Å². The fourth-order valence-corrected chi connectivity index (χ4v) is 3.38. The van der Waals surface area contributed by atoms with E-state index in [1.54, 1.807) is 12.1 Å². The molecule has 0 aromatic heterocycles. The number of carboxylic acids is 1. The average molecular weight is 377 g/mol. The van der Waals surface area contributed by atoms with Crippen molar-refractivity contribution in [1.29, 1.82) is 0 Å². The molecule has 1 atom stereocenters. The van der Waals surface area contributed by atoms with Crippen LogP contribution in [0.15, 0.2) is 22.7 Å². The van der Waals surface area contributed by atoms with Gasteiger partial charge < -0.3 is 9.84 Å². The first-order valence-electron chi connectivity index (χ1n) is 6.94. The van der Waals surface area contributed by atoms with Gasteiger partial charge in [0.25, 0.3) is 0 Å². The molecule has 0 spiro atoms. The van der Waals surface area contributed by atoms with Crippen molar-refractivity contribution in [3.05, 3.63) is 27.7 Å². The third-order valence-electron chi connectivity index (χ3n) is 3.85. The molecule has 116 valence electrons. The fraction of sp³-hybridized carbons (Fsp3) is 0.533. The van der Waals surface area contributed by atoms with Gasteiger partial charge in [0.15, 0.2) is 0 Å². The first-order chi connectivity index (χ1) is 9.90. The van der Waals surface area contributed by atoms with Gasteiger partial charge in [-0.3, -0.25) is 9.69 Å². The molecule has 1 unspecified atom stereocenters. The van der Waals surface area contributed by atoms with Gasteiger partial charge in [-0.15, -0.1) is 0 Å². The lowest BCUT2D eigenvalue weighted by Crippen LogP contribution is -2.47. The molecule has 1 aliphatic rings. The zero-order valence-electron chi connectivity index (χ0n) is 11.9. The summed E-state index contributed by atoms with van der Waals surface area (Å²) in [5.41, 5.74) is -0.640. The Kier molecular flexibility index (Phi) is 5.52. The molecule has 0 aliphatic carbocycles. The van der Waals surface area contributed by atoms with Crippen LogP contribution in [-0.4, -0.2) is 42.2 Å². The molecule has 1 aromatic rings. The Morgan fingerprint density at radius 3 is 3.00 bits per heavy atom. The van der Waals surface area contributed by atoms with E-state index in [-0.39, 0.29) is 0 Å². The number of ether oxygens (including phenoxy) is 1. The number of halogens is 2. The van der Waals surface area contributed by atoms with Gasteiger partial charge in [0.1, 0.15) is 12.4 Å². The normalized spacial score (nSPS) is 23.0. The molecule has 1 aliphatic heterocycles. The van der Waals surface area contributed by atoms with Crippen LogP contribution in [0, 0.1) is 5.41 Å². The zero-order chi connectivity index (χ0) is 15.5. The van der Waals surface area contributed by atoms with E-state index in [2.05, 4.69) is 20.8 Å². The number of likely N-dealkylation sites (tertiary alicyclic amines) is 1. The summed E-state index contributed by atoms with van der Waals surface area (Å²) in [4.78, 5) is 13.5. The minimum atomic E-state index is -0.714. The molecule has 1 saturated heterocycles. The Labute approximate surface area is 138 Å². The molecule has 0 amide bonds. The number of nitrogens with zero attached hydrogens (tertiary/aromatic N) is 1. The second-order valence-corrected chi connectivity index (χ2v) is 6.96. The summed E-state index contributed by atoms with van der Waals surface area (Å²) >= 11 is 9.29. The van der Waals surface area contributed by atoms with E-state index in [0.717, 1.165) is 36.2 Å². The molecule has 4 nitrogen and oxygen atoms in total.